The van der Waals surface area contributed by atoms with Gasteiger partial charge >= 0.3 is 0 Å². The van der Waals surface area contributed by atoms with E-state index in [1.54, 1.807) is 6.92 Å². The summed E-state index contributed by atoms with van der Waals surface area (Å²) in [6, 6.07) is 5.67. The van der Waals surface area contributed by atoms with Crippen LogP contribution in [0, 0.1) is 12.8 Å². The summed E-state index contributed by atoms with van der Waals surface area (Å²) in [5.74, 6) is 0.539. The van der Waals surface area contributed by atoms with Crippen molar-refractivity contribution in [3.05, 3.63) is 28.2 Å². The molecule has 0 aliphatic heterocycles. The molecule has 0 N–H and O–H groups in total. The highest BCUT2D eigenvalue weighted by atomic mass is 79.9. The van der Waals surface area contributed by atoms with Gasteiger partial charge in [-0.3, -0.25) is 0 Å². The van der Waals surface area contributed by atoms with Crippen molar-refractivity contribution in [1.82, 2.24) is 0 Å². The number of ether oxygens (including phenoxy) is 1. The van der Waals surface area contributed by atoms with Crippen LogP contribution < -0.4 is 4.74 Å². The second-order valence-electron chi connectivity index (χ2n) is 4.03. The summed E-state index contributed by atoms with van der Waals surface area (Å²) >= 11 is 3.36. The van der Waals surface area contributed by atoms with Gasteiger partial charge in [0, 0.05) is 21.1 Å². The highest BCUT2D eigenvalue weighted by Crippen LogP contribution is 2.22. The molecule has 0 amide bonds. The van der Waals surface area contributed by atoms with E-state index >= 15 is 0 Å². The zero-order chi connectivity index (χ0) is 13.1. The fourth-order valence-electron chi connectivity index (χ4n) is 1.39. The minimum absolute atomic E-state index is 0.0792. The molecule has 0 saturated heterocycles. The van der Waals surface area contributed by atoms with Crippen molar-refractivity contribution < 1.29 is 13.2 Å². The maximum atomic E-state index is 10.9. The average Bonchev–Trinajstić information content (AvgIpc) is 2.13. The lowest BCUT2D eigenvalue weighted by atomic mass is 10.2. The van der Waals surface area contributed by atoms with Crippen LogP contribution in [-0.2, 0) is 9.05 Å². The van der Waals surface area contributed by atoms with Crippen LogP contribution in [0.4, 0.5) is 0 Å². The molecule has 1 atom stereocenters. The zero-order valence-electron chi connectivity index (χ0n) is 9.61. The molecule has 17 heavy (non-hydrogen) atoms. The van der Waals surface area contributed by atoms with Gasteiger partial charge in [0.2, 0.25) is 9.05 Å². The predicted octanol–water partition coefficient (Wildman–Crippen LogP) is 3.34. The van der Waals surface area contributed by atoms with Gasteiger partial charge < -0.3 is 4.74 Å². The minimum Gasteiger partial charge on any atom is -0.493 e. The molecular formula is C11H14BrClO3S. The highest BCUT2D eigenvalue weighted by molar-refractivity contribution is 9.10. The Balaban J connectivity index is 2.56. The Morgan fingerprint density at radius 3 is 2.65 bits per heavy atom. The Kier molecular flexibility index (Phi) is 5.28. The number of rotatable bonds is 5. The molecule has 0 fully saturated rings. The van der Waals surface area contributed by atoms with Crippen molar-refractivity contribution in [2.24, 2.45) is 5.92 Å². The second-order valence-corrected chi connectivity index (χ2v) is 7.77. The van der Waals surface area contributed by atoms with Gasteiger partial charge in [-0.05, 0) is 30.7 Å². The van der Waals surface area contributed by atoms with Crippen LogP contribution in [0.15, 0.2) is 22.7 Å². The quantitative estimate of drug-likeness (QED) is 0.772. The van der Waals surface area contributed by atoms with Gasteiger partial charge in [-0.15, -0.1) is 0 Å². The molecule has 96 valence electrons. The lowest BCUT2D eigenvalue weighted by molar-refractivity contribution is 0.270. The normalized spacial score (nSPS) is 13.4. The van der Waals surface area contributed by atoms with Crippen LogP contribution in [0.5, 0.6) is 5.75 Å². The van der Waals surface area contributed by atoms with Gasteiger partial charge in [0.25, 0.3) is 0 Å². The van der Waals surface area contributed by atoms with Crippen LogP contribution in [0.1, 0.15) is 12.5 Å². The maximum absolute atomic E-state index is 10.9. The van der Waals surface area contributed by atoms with E-state index in [4.69, 9.17) is 15.4 Å². The SMILES string of the molecule is Cc1cc(Br)ccc1OCC(C)CS(=O)(=O)Cl. The molecule has 0 aliphatic rings. The molecule has 0 aromatic heterocycles. The van der Waals surface area contributed by atoms with Gasteiger partial charge in [0.05, 0.1) is 12.4 Å². The average molecular weight is 342 g/mol. The molecule has 0 heterocycles. The van der Waals surface area contributed by atoms with Crippen molar-refractivity contribution in [3.63, 3.8) is 0 Å². The van der Waals surface area contributed by atoms with Crippen molar-refractivity contribution in [1.29, 1.82) is 0 Å². The first-order valence-electron chi connectivity index (χ1n) is 5.09. The topological polar surface area (TPSA) is 43.4 Å². The number of halogens is 2. The van der Waals surface area contributed by atoms with Gasteiger partial charge in [-0.1, -0.05) is 22.9 Å². The molecular weight excluding hydrogens is 328 g/mol. The first kappa shape index (κ1) is 14.8. The molecule has 3 nitrogen and oxygen atoms in total. The van der Waals surface area contributed by atoms with Crippen LogP contribution >= 0.6 is 26.6 Å². The Bertz CT molecular complexity index is 487. The zero-order valence-corrected chi connectivity index (χ0v) is 12.8. The predicted molar refractivity (Wildman–Crippen MR) is 73.2 cm³/mol. The lowest BCUT2D eigenvalue weighted by Crippen LogP contribution is -2.16. The molecule has 0 aliphatic carbocycles. The number of benzene rings is 1. The van der Waals surface area contributed by atoms with E-state index in [0.29, 0.717) is 6.61 Å². The third-order valence-electron chi connectivity index (χ3n) is 2.14. The monoisotopic (exact) mass is 340 g/mol. The Morgan fingerprint density at radius 1 is 1.47 bits per heavy atom. The molecule has 0 bridgehead atoms. The molecule has 1 unspecified atom stereocenters. The molecule has 1 aromatic carbocycles. The smallest absolute Gasteiger partial charge is 0.232 e. The van der Waals surface area contributed by atoms with E-state index in [1.165, 1.54) is 0 Å². The summed E-state index contributed by atoms with van der Waals surface area (Å²) < 4.78 is 28.3. The third kappa shape index (κ3) is 5.75. The van der Waals surface area contributed by atoms with E-state index in [-0.39, 0.29) is 11.7 Å². The second kappa shape index (κ2) is 6.07. The van der Waals surface area contributed by atoms with Crippen molar-refractivity contribution in [3.8, 4) is 5.75 Å². The Hall–Kier alpha value is -0.260. The van der Waals surface area contributed by atoms with E-state index in [0.717, 1.165) is 15.8 Å². The summed E-state index contributed by atoms with van der Waals surface area (Å²) in [7, 11) is 1.71. The van der Waals surface area contributed by atoms with Crippen molar-refractivity contribution in [2.45, 2.75) is 13.8 Å². The molecule has 0 radical (unpaired) electrons. The van der Waals surface area contributed by atoms with Crippen molar-refractivity contribution >= 4 is 35.7 Å². The standard InChI is InChI=1S/C11H14BrClO3S/c1-8(7-17(13,14)15)6-16-11-4-3-10(12)5-9(11)2/h3-5,8H,6-7H2,1-2H3. The lowest BCUT2D eigenvalue weighted by Gasteiger charge is -2.13. The van der Waals surface area contributed by atoms with Crippen LogP contribution in [0.2, 0.25) is 0 Å². The first-order valence-corrected chi connectivity index (χ1v) is 8.36. The molecule has 0 saturated carbocycles. The fraction of sp³-hybridized carbons (Fsp3) is 0.455. The summed E-state index contributed by atoms with van der Waals surface area (Å²) in [5, 5.41) is 0. The summed E-state index contributed by atoms with van der Waals surface area (Å²) in [6.45, 7) is 4.05. The maximum Gasteiger partial charge on any atom is 0.232 e. The largest absolute Gasteiger partial charge is 0.493 e. The van der Waals surface area contributed by atoms with Crippen LogP contribution in [0.3, 0.4) is 0 Å². The Labute approximate surface area is 115 Å². The van der Waals surface area contributed by atoms with Gasteiger partial charge in [-0.2, -0.15) is 0 Å². The van der Waals surface area contributed by atoms with E-state index in [9.17, 15) is 8.42 Å². The number of hydrogen-bond acceptors (Lipinski definition) is 3. The van der Waals surface area contributed by atoms with Crippen LogP contribution in [0.25, 0.3) is 0 Å². The van der Waals surface area contributed by atoms with Crippen molar-refractivity contribution in [2.75, 3.05) is 12.4 Å². The van der Waals surface area contributed by atoms with Gasteiger partial charge in [0.15, 0.2) is 0 Å². The van der Waals surface area contributed by atoms with E-state index < -0.39 is 9.05 Å². The number of aryl methyl sites for hydroxylation is 1. The van der Waals surface area contributed by atoms with E-state index in [1.807, 2.05) is 25.1 Å². The number of hydrogen-bond donors (Lipinski definition) is 0. The summed E-state index contributed by atoms with van der Waals surface area (Å²) in [5.41, 5.74) is 1.00. The minimum atomic E-state index is -3.46. The summed E-state index contributed by atoms with van der Waals surface area (Å²) in [4.78, 5) is 0. The molecule has 6 heteroatoms. The first-order chi connectivity index (χ1) is 7.78. The highest BCUT2D eigenvalue weighted by Gasteiger charge is 2.13. The van der Waals surface area contributed by atoms with Crippen LogP contribution in [-0.4, -0.2) is 20.8 Å². The van der Waals surface area contributed by atoms with Gasteiger partial charge in [-0.25, -0.2) is 8.42 Å². The third-order valence-corrected chi connectivity index (χ3v) is 3.98. The van der Waals surface area contributed by atoms with E-state index in [2.05, 4.69) is 15.9 Å². The fourth-order valence-corrected chi connectivity index (χ4v) is 3.29. The van der Waals surface area contributed by atoms with Gasteiger partial charge in [0.1, 0.15) is 5.75 Å². The Morgan fingerprint density at radius 2 is 2.12 bits per heavy atom. The molecule has 1 rings (SSSR count). The molecule has 0 spiro atoms. The summed E-state index contributed by atoms with van der Waals surface area (Å²) in [6.07, 6.45) is 0. The molecule has 1 aromatic rings.